The van der Waals surface area contributed by atoms with Gasteiger partial charge in [-0.3, -0.25) is 0 Å². The van der Waals surface area contributed by atoms with Gasteiger partial charge < -0.3 is 14.7 Å². The number of likely N-dealkylation sites (tertiary alicyclic amines) is 1. The second kappa shape index (κ2) is 9.26. The summed E-state index contributed by atoms with van der Waals surface area (Å²) in [6.07, 6.45) is 3.18. The van der Waals surface area contributed by atoms with Crippen molar-refractivity contribution in [1.29, 1.82) is 5.26 Å². The number of nitriles is 1. The van der Waals surface area contributed by atoms with Crippen molar-refractivity contribution < 1.29 is 9.84 Å². The maximum absolute atomic E-state index is 12.4. The quantitative estimate of drug-likeness (QED) is 0.546. The zero-order chi connectivity index (χ0) is 23.6. The molecule has 2 aliphatic rings. The summed E-state index contributed by atoms with van der Waals surface area (Å²) in [4.78, 5) is 2.35. The largest absolute Gasteiger partial charge is 0.497 e. The van der Waals surface area contributed by atoms with Gasteiger partial charge in [0.15, 0.2) is 5.31 Å². The Morgan fingerprint density at radius 3 is 1.94 bits per heavy atom. The molecule has 5 heteroatoms. The van der Waals surface area contributed by atoms with Gasteiger partial charge in [-0.05, 0) is 54.8 Å². The van der Waals surface area contributed by atoms with E-state index < -0.39 is 12.9 Å². The molecule has 0 amide bonds. The highest BCUT2D eigenvalue weighted by atomic mass is 31.2. The Balaban J connectivity index is 1.79. The molecule has 0 bridgehead atoms. The molecule has 0 aromatic heterocycles. The minimum atomic E-state index is -2.42. The fourth-order valence-electron chi connectivity index (χ4n) is 5.56. The molecule has 3 aromatic rings. The van der Waals surface area contributed by atoms with Crippen molar-refractivity contribution in [2.45, 2.75) is 24.9 Å². The molecular weight excluding hydrogens is 439 g/mol. The number of aliphatic hydroxyl groups is 1. The zero-order valence-electron chi connectivity index (χ0n) is 19.5. The van der Waals surface area contributed by atoms with Crippen molar-refractivity contribution in [1.82, 2.24) is 4.90 Å². The van der Waals surface area contributed by atoms with Crippen molar-refractivity contribution in [3.05, 3.63) is 102 Å². The molecule has 2 aliphatic heterocycles. The van der Waals surface area contributed by atoms with Crippen molar-refractivity contribution in [2.24, 2.45) is 0 Å². The highest BCUT2D eigenvalue weighted by Crippen LogP contribution is 2.70. The maximum atomic E-state index is 12.4. The third-order valence-electron chi connectivity index (χ3n) is 7.23. The van der Waals surface area contributed by atoms with Crippen LogP contribution in [0.1, 0.15) is 24.8 Å². The first kappa shape index (κ1) is 22.7. The SMILES string of the molecule is COc1ccc(C2(O)CC(N3CCCC3)=C(C#N)[P+](c3ccccc3)(c3ccccc3)C2)cc1. The van der Waals surface area contributed by atoms with Crippen LogP contribution in [0.2, 0.25) is 0 Å². The van der Waals surface area contributed by atoms with Crippen molar-refractivity contribution in [2.75, 3.05) is 26.4 Å². The summed E-state index contributed by atoms with van der Waals surface area (Å²) in [5.41, 5.74) is 0.799. The van der Waals surface area contributed by atoms with E-state index in [1.54, 1.807) is 7.11 Å². The van der Waals surface area contributed by atoms with Gasteiger partial charge in [-0.25, -0.2) is 0 Å². The first-order chi connectivity index (χ1) is 16.6. The van der Waals surface area contributed by atoms with E-state index in [0.29, 0.717) is 12.6 Å². The van der Waals surface area contributed by atoms with Crippen molar-refractivity contribution in [3.8, 4) is 11.8 Å². The normalized spacial score (nSPS) is 21.9. The Hall–Kier alpha value is -3.12. The average molecular weight is 470 g/mol. The number of benzene rings is 3. The minimum Gasteiger partial charge on any atom is -0.497 e. The minimum absolute atomic E-state index is 0.448. The van der Waals surface area contributed by atoms with Gasteiger partial charge in [-0.15, -0.1) is 0 Å². The van der Waals surface area contributed by atoms with Crippen molar-refractivity contribution in [3.63, 3.8) is 0 Å². The highest BCUT2D eigenvalue weighted by Gasteiger charge is 2.59. The molecule has 0 saturated carbocycles. The Morgan fingerprint density at radius 2 is 1.44 bits per heavy atom. The summed E-state index contributed by atoms with van der Waals surface area (Å²) in [6, 6.07) is 31.2. The molecule has 34 heavy (non-hydrogen) atoms. The highest BCUT2D eigenvalue weighted by molar-refractivity contribution is 7.93. The van der Waals surface area contributed by atoms with Gasteiger partial charge in [0.2, 0.25) is 0 Å². The third kappa shape index (κ3) is 3.80. The van der Waals surface area contributed by atoms with Gasteiger partial charge in [-0.1, -0.05) is 48.5 Å². The van der Waals surface area contributed by atoms with Gasteiger partial charge in [-0.2, -0.15) is 5.26 Å². The molecule has 1 atom stereocenters. The van der Waals surface area contributed by atoms with Gasteiger partial charge in [0.05, 0.1) is 12.8 Å². The number of ether oxygens (including phenoxy) is 1. The molecule has 5 rings (SSSR count). The molecule has 0 radical (unpaired) electrons. The van der Waals surface area contributed by atoms with Crippen LogP contribution in [0, 0.1) is 11.3 Å². The molecule has 1 fully saturated rings. The lowest BCUT2D eigenvalue weighted by Crippen LogP contribution is -2.44. The molecule has 1 saturated heterocycles. The van der Waals surface area contributed by atoms with E-state index in [0.717, 1.165) is 58.9 Å². The zero-order valence-corrected chi connectivity index (χ0v) is 20.4. The second-order valence-electron chi connectivity index (χ2n) is 9.18. The van der Waals surface area contributed by atoms with Crippen LogP contribution in [0.25, 0.3) is 0 Å². The standard InChI is InChI=1S/C29H30N2O2P/c1-33-24-16-14-23(15-17-24)29(32)20-27(31-18-8-9-19-31)28(21-30)34(22-29,25-10-4-2-5-11-25)26-12-6-3-7-13-26/h2-7,10-17,32H,8-9,18-20,22H2,1H3/q+1. The van der Waals surface area contributed by atoms with E-state index in [2.05, 4.69) is 35.2 Å². The van der Waals surface area contributed by atoms with Crippen LogP contribution in [0.3, 0.4) is 0 Å². The van der Waals surface area contributed by atoms with E-state index in [9.17, 15) is 10.4 Å². The van der Waals surface area contributed by atoms with Gasteiger partial charge >= 0.3 is 0 Å². The van der Waals surface area contributed by atoms with Gasteiger partial charge in [0, 0.05) is 19.5 Å². The Labute approximate surface area is 202 Å². The molecule has 1 unspecified atom stereocenters. The third-order valence-corrected chi connectivity index (χ3v) is 11.7. The van der Waals surface area contributed by atoms with Gasteiger partial charge in [0.1, 0.15) is 41.5 Å². The van der Waals surface area contributed by atoms with Crippen LogP contribution in [-0.2, 0) is 5.60 Å². The number of allylic oxidation sites excluding steroid dienone is 1. The second-order valence-corrected chi connectivity index (χ2v) is 12.6. The van der Waals surface area contributed by atoms with Crippen LogP contribution < -0.4 is 15.3 Å². The number of nitrogens with zero attached hydrogens (tertiary/aromatic N) is 2. The van der Waals surface area contributed by atoms with Crippen LogP contribution in [0.15, 0.2) is 95.9 Å². The predicted molar refractivity (Wildman–Crippen MR) is 139 cm³/mol. The van der Waals surface area contributed by atoms with Crippen LogP contribution in [0.4, 0.5) is 0 Å². The molecule has 3 aromatic carbocycles. The number of hydrogen-bond donors (Lipinski definition) is 1. The fraction of sp³-hybridized carbons (Fsp3) is 0.276. The Morgan fingerprint density at radius 1 is 0.882 bits per heavy atom. The molecular formula is C29H30N2O2P+. The lowest BCUT2D eigenvalue weighted by atomic mass is 9.89. The first-order valence-corrected chi connectivity index (χ1v) is 13.8. The molecule has 2 heterocycles. The Bertz CT molecular complexity index is 1170. The van der Waals surface area contributed by atoms with Crippen molar-refractivity contribution >= 4 is 17.9 Å². The topological polar surface area (TPSA) is 56.5 Å². The average Bonchev–Trinajstić information content (AvgIpc) is 3.44. The van der Waals surface area contributed by atoms with Gasteiger partial charge in [0.25, 0.3) is 0 Å². The maximum Gasteiger partial charge on any atom is 0.199 e. The lowest BCUT2D eigenvalue weighted by Gasteiger charge is -2.42. The fourth-order valence-corrected chi connectivity index (χ4v) is 10.2. The smallest absolute Gasteiger partial charge is 0.199 e. The number of rotatable bonds is 5. The van der Waals surface area contributed by atoms with Crippen LogP contribution in [-0.4, -0.2) is 36.4 Å². The lowest BCUT2D eigenvalue weighted by molar-refractivity contribution is 0.0525. The number of methoxy groups -OCH3 is 1. The summed E-state index contributed by atoms with van der Waals surface area (Å²) in [5, 5.41) is 26.3. The molecule has 4 nitrogen and oxygen atoms in total. The van der Waals surface area contributed by atoms with Crippen LogP contribution >= 0.6 is 7.26 Å². The summed E-state index contributed by atoms with van der Waals surface area (Å²) in [5.74, 6) is 0.767. The summed E-state index contributed by atoms with van der Waals surface area (Å²) >= 11 is 0. The first-order valence-electron chi connectivity index (χ1n) is 11.9. The molecule has 0 aliphatic carbocycles. The summed E-state index contributed by atoms with van der Waals surface area (Å²) in [7, 11) is -0.772. The van der Waals surface area contributed by atoms with E-state index in [1.165, 1.54) is 0 Å². The number of hydrogen-bond acceptors (Lipinski definition) is 4. The molecule has 1 N–H and O–H groups in total. The monoisotopic (exact) mass is 469 g/mol. The predicted octanol–water partition coefficient (Wildman–Crippen LogP) is 4.79. The van der Waals surface area contributed by atoms with Crippen LogP contribution in [0.5, 0.6) is 5.75 Å². The van der Waals surface area contributed by atoms with E-state index in [4.69, 9.17) is 4.74 Å². The van der Waals surface area contributed by atoms with E-state index in [1.807, 2.05) is 60.7 Å². The summed E-state index contributed by atoms with van der Waals surface area (Å²) < 4.78 is 5.37. The molecule has 0 spiro atoms. The van der Waals surface area contributed by atoms with E-state index in [-0.39, 0.29) is 0 Å². The van der Waals surface area contributed by atoms with E-state index >= 15 is 0 Å². The summed E-state index contributed by atoms with van der Waals surface area (Å²) in [6.45, 7) is 1.87. The Kier molecular flexibility index (Phi) is 6.17. The molecule has 172 valence electrons.